The van der Waals surface area contributed by atoms with E-state index < -0.39 is 0 Å². The number of halogens is 1. The minimum absolute atomic E-state index is 0.231. The maximum absolute atomic E-state index is 11.4. The summed E-state index contributed by atoms with van der Waals surface area (Å²) in [7, 11) is 0. The number of hydrogen-bond acceptors (Lipinski definition) is 3. The molecule has 0 aliphatic carbocycles. The van der Waals surface area contributed by atoms with Crippen LogP contribution in [0.15, 0.2) is 10.5 Å². The fourth-order valence-corrected chi connectivity index (χ4v) is 3.11. The van der Waals surface area contributed by atoms with Crippen molar-refractivity contribution in [1.29, 1.82) is 0 Å². The molecule has 4 heteroatoms. The highest BCUT2D eigenvalue weighted by molar-refractivity contribution is 9.10. The number of carbonyl (C=O) groups is 1. The van der Waals surface area contributed by atoms with E-state index in [0.29, 0.717) is 17.4 Å². The first kappa shape index (κ1) is 11.7. The van der Waals surface area contributed by atoms with Crippen LogP contribution in [-0.4, -0.2) is 12.6 Å². The SMILES string of the molecule is CCOC(=O)c1cc(Br)c(C(C)C)s1. The highest BCUT2D eigenvalue weighted by Crippen LogP contribution is 2.33. The van der Waals surface area contributed by atoms with Crippen molar-refractivity contribution in [3.8, 4) is 0 Å². The molecule has 78 valence electrons. The molecule has 0 atom stereocenters. The van der Waals surface area contributed by atoms with Gasteiger partial charge in [-0.1, -0.05) is 13.8 Å². The molecular weight excluding hydrogens is 264 g/mol. The largest absolute Gasteiger partial charge is 0.462 e. The molecular formula is C10H13BrO2S. The van der Waals surface area contributed by atoms with Crippen molar-refractivity contribution in [3.63, 3.8) is 0 Å². The van der Waals surface area contributed by atoms with Gasteiger partial charge in [-0.15, -0.1) is 11.3 Å². The first-order chi connectivity index (χ1) is 6.56. The van der Waals surface area contributed by atoms with Crippen molar-refractivity contribution in [2.24, 2.45) is 0 Å². The van der Waals surface area contributed by atoms with E-state index in [1.54, 1.807) is 0 Å². The van der Waals surface area contributed by atoms with E-state index in [-0.39, 0.29) is 5.97 Å². The molecule has 0 saturated carbocycles. The lowest BCUT2D eigenvalue weighted by atomic mass is 10.2. The Morgan fingerprint density at radius 2 is 2.29 bits per heavy atom. The van der Waals surface area contributed by atoms with E-state index in [9.17, 15) is 4.79 Å². The van der Waals surface area contributed by atoms with Crippen molar-refractivity contribution in [2.75, 3.05) is 6.61 Å². The van der Waals surface area contributed by atoms with E-state index in [4.69, 9.17) is 4.74 Å². The maximum atomic E-state index is 11.4. The van der Waals surface area contributed by atoms with E-state index in [1.807, 2.05) is 13.0 Å². The van der Waals surface area contributed by atoms with Gasteiger partial charge >= 0.3 is 5.97 Å². The lowest BCUT2D eigenvalue weighted by Gasteiger charge is -2.00. The second-order valence-corrected chi connectivity index (χ2v) is 5.14. The summed E-state index contributed by atoms with van der Waals surface area (Å²) in [5, 5.41) is 0. The number of ether oxygens (including phenoxy) is 1. The molecule has 0 amide bonds. The van der Waals surface area contributed by atoms with Gasteiger partial charge in [0.25, 0.3) is 0 Å². The Hall–Kier alpha value is -0.350. The molecule has 0 aliphatic rings. The summed E-state index contributed by atoms with van der Waals surface area (Å²) in [6.07, 6.45) is 0. The average molecular weight is 277 g/mol. The third-order valence-electron chi connectivity index (χ3n) is 1.71. The standard InChI is InChI=1S/C10H13BrO2S/c1-4-13-10(12)8-5-7(11)9(14-8)6(2)3/h5-6H,4H2,1-3H3. The zero-order chi connectivity index (χ0) is 10.7. The predicted molar refractivity (Wildman–Crippen MR) is 62.1 cm³/mol. The summed E-state index contributed by atoms with van der Waals surface area (Å²) in [6, 6.07) is 1.83. The van der Waals surface area contributed by atoms with Gasteiger partial charge in [0.05, 0.1) is 6.61 Å². The first-order valence-electron chi connectivity index (χ1n) is 4.52. The Morgan fingerprint density at radius 3 is 2.71 bits per heavy atom. The summed E-state index contributed by atoms with van der Waals surface area (Å²) >= 11 is 4.93. The molecule has 1 heterocycles. The molecule has 0 saturated heterocycles. The molecule has 0 spiro atoms. The molecule has 0 radical (unpaired) electrons. The average Bonchev–Trinajstić information content (AvgIpc) is 2.48. The molecule has 1 rings (SSSR count). The first-order valence-corrected chi connectivity index (χ1v) is 6.13. The topological polar surface area (TPSA) is 26.3 Å². The third-order valence-corrected chi connectivity index (χ3v) is 4.05. The summed E-state index contributed by atoms with van der Waals surface area (Å²) in [5.41, 5.74) is 0. The molecule has 1 aromatic heterocycles. The van der Waals surface area contributed by atoms with Gasteiger partial charge in [0.15, 0.2) is 0 Å². The summed E-state index contributed by atoms with van der Waals surface area (Å²) in [6.45, 7) is 6.44. The van der Waals surface area contributed by atoms with Gasteiger partial charge in [-0.2, -0.15) is 0 Å². The zero-order valence-electron chi connectivity index (χ0n) is 8.46. The van der Waals surface area contributed by atoms with Crippen LogP contribution in [-0.2, 0) is 4.74 Å². The zero-order valence-corrected chi connectivity index (χ0v) is 10.9. The molecule has 0 bridgehead atoms. The smallest absolute Gasteiger partial charge is 0.348 e. The maximum Gasteiger partial charge on any atom is 0.348 e. The Morgan fingerprint density at radius 1 is 1.64 bits per heavy atom. The van der Waals surface area contributed by atoms with Crippen LogP contribution in [0.5, 0.6) is 0 Å². The van der Waals surface area contributed by atoms with Crippen molar-refractivity contribution < 1.29 is 9.53 Å². The van der Waals surface area contributed by atoms with Crippen LogP contribution in [0.3, 0.4) is 0 Å². The van der Waals surface area contributed by atoms with E-state index in [0.717, 1.165) is 4.47 Å². The van der Waals surface area contributed by atoms with Crippen molar-refractivity contribution in [3.05, 3.63) is 20.3 Å². The van der Waals surface area contributed by atoms with Crippen LogP contribution in [0.25, 0.3) is 0 Å². The van der Waals surface area contributed by atoms with E-state index in [1.165, 1.54) is 16.2 Å². The molecule has 0 fully saturated rings. The van der Waals surface area contributed by atoms with Crippen LogP contribution >= 0.6 is 27.3 Å². The van der Waals surface area contributed by atoms with Crippen LogP contribution in [0.1, 0.15) is 41.2 Å². The fourth-order valence-electron chi connectivity index (χ4n) is 1.08. The number of hydrogen-bond donors (Lipinski definition) is 0. The second-order valence-electron chi connectivity index (χ2n) is 3.20. The van der Waals surface area contributed by atoms with Gasteiger partial charge in [-0.3, -0.25) is 0 Å². The van der Waals surface area contributed by atoms with Crippen LogP contribution in [0.2, 0.25) is 0 Å². The Labute approximate surface area is 96.4 Å². The van der Waals surface area contributed by atoms with Gasteiger partial charge < -0.3 is 4.74 Å². The lowest BCUT2D eigenvalue weighted by molar-refractivity contribution is 0.0532. The second kappa shape index (κ2) is 4.94. The van der Waals surface area contributed by atoms with Crippen LogP contribution in [0.4, 0.5) is 0 Å². The van der Waals surface area contributed by atoms with Gasteiger partial charge in [-0.25, -0.2) is 4.79 Å². The Bertz CT molecular complexity index is 331. The third kappa shape index (κ3) is 2.58. The molecule has 0 aromatic carbocycles. The predicted octanol–water partition coefficient (Wildman–Crippen LogP) is 3.81. The van der Waals surface area contributed by atoms with Gasteiger partial charge in [0.1, 0.15) is 4.88 Å². The molecule has 0 aliphatic heterocycles. The highest BCUT2D eigenvalue weighted by Gasteiger charge is 2.15. The highest BCUT2D eigenvalue weighted by atomic mass is 79.9. The number of thiophene rings is 1. The fraction of sp³-hybridized carbons (Fsp3) is 0.500. The molecule has 14 heavy (non-hydrogen) atoms. The Kier molecular flexibility index (Phi) is 4.13. The van der Waals surface area contributed by atoms with Gasteiger partial charge in [-0.05, 0) is 34.8 Å². The van der Waals surface area contributed by atoms with Crippen molar-refractivity contribution >= 4 is 33.2 Å². The van der Waals surface area contributed by atoms with Crippen LogP contribution < -0.4 is 0 Å². The molecule has 0 unspecified atom stereocenters. The van der Waals surface area contributed by atoms with Crippen molar-refractivity contribution in [2.45, 2.75) is 26.7 Å². The molecule has 1 aromatic rings. The monoisotopic (exact) mass is 276 g/mol. The van der Waals surface area contributed by atoms with E-state index >= 15 is 0 Å². The quantitative estimate of drug-likeness (QED) is 0.785. The summed E-state index contributed by atoms with van der Waals surface area (Å²) < 4.78 is 5.93. The van der Waals surface area contributed by atoms with Gasteiger partial charge in [0, 0.05) is 9.35 Å². The lowest BCUT2D eigenvalue weighted by Crippen LogP contribution is -2.01. The summed E-state index contributed by atoms with van der Waals surface area (Å²) in [4.78, 5) is 13.3. The van der Waals surface area contributed by atoms with Gasteiger partial charge in [0.2, 0.25) is 0 Å². The molecule has 2 nitrogen and oxygen atoms in total. The summed E-state index contributed by atoms with van der Waals surface area (Å²) in [5.74, 6) is 0.197. The minimum Gasteiger partial charge on any atom is -0.462 e. The Balaban J connectivity index is 2.90. The number of esters is 1. The molecule has 0 N–H and O–H groups in total. The number of carbonyl (C=O) groups excluding carboxylic acids is 1. The van der Waals surface area contributed by atoms with Crippen molar-refractivity contribution in [1.82, 2.24) is 0 Å². The van der Waals surface area contributed by atoms with Crippen LogP contribution in [0, 0.1) is 0 Å². The minimum atomic E-state index is -0.231. The normalized spacial score (nSPS) is 10.6. The van der Waals surface area contributed by atoms with E-state index in [2.05, 4.69) is 29.8 Å². The number of rotatable bonds is 3.